The van der Waals surface area contributed by atoms with Gasteiger partial charge in [0.15, 0.2) is 5.78 Å². The van der Waals surface area contributed by atoms with Crippen LogP contribution in [0.3, 0.4) is 0 Å². The van der Waals surface area contributed by atoms with E-state index in [0.29, 0.717) is 40.9 Å². The molecule has 1 atom stereocenters. The zero-order valence-electron chi connectivity index (χ0n) is 31.1. The molecule has 3 fully saturated rings. The molecule has 0 bridgehead atoms. The summed E-state index contributed by atoms with van der Waals surface area (Å²) in [7, 11) is 2.06. The number of amides is 4. The van der Waals surface area contributed by atoms with Crippen LogP contribution in [0.15, 0.2) is 47.5 Å². The van der Waals surface area contributed by atoms with Crippen molar-refractivity contribution in [2.24, 2.45) is 0 Å². The standard InChI is InChI=1S/C40H43N9O6/c1-22-30-20-42-40(45-35(30)48(26-6-4-5-7-26)39(55)34(22)23(2)50)43-32-12-9-27(19-41-32)47-16-14-25(15-17-47)46(3)21-24-8-10-28-29(18-24)38(54)49(37(28)53)31-11-13-33(51)44-36(31)52/h8-10,12,18-20,25-26,31H,4-7,11,13-17,21H2,1-3H3,(H,44,51,52)(H,41,42,43,45). The monoisotopic (exact) mass is 745 g/mol. The van der Waals surface area contributed by atoms with Crippen molar-refractivity contribution in [3.8, 4) is 0 Å². The molecular weight excluding hydrogens is 702 g/mol. The first kappa shape index (κ1) is 36.2. The van der Waals surface area contributed by atoms with Crippen LogP contribution in [0.4, 0.5) is 17.5 Å². The van der Waals surface area contributed by atoms with E-state index in [0.717, 1.165) is 67.8 Å². The Kier molecular flexibility index (Phi) is 9.49. The zero-order chi connectivity index (χ0) is 38.5. The van der Waals surface area contributed by atoms with Gasteiger partial charge >= 0.3 is 0 Å². The predicted octanol–water partition coefficient (Wildman–Crippen LogP) is 4.06. The van der Waals surface area contributed by atoms with Crippen LogP contribution in [-0.4, -0.2) is 91.0 Å². The smallest absolute Gasteiger partial charge is 0.263 e. The summed E-state index contributed by atoms with van der Waals surface area (Å²) in [6, 6.07) is 8.47. The van der Waals surface area contributed by atoms with Crippen LogP contribution in [0.1, 0.15) is 107 Å². The molecule has 3 aromatic heterocycles. The van der Waals surface area contributed by atoms with Gasteiger partial charge in [-0.05, 0) is 88.4 Å². The van der Waals surface area contributed by atoms with Gasteiger partial charge in [0, 0.05) is 49.7 Å². The van der Waals surface area contributed by atoms with E-state index < -0.39 is 29.7 Å². The van der Waals surface area contributed by atoms with Crippen LogP contribution < -0.4 is 21.1 Å². The lowest BCUT2D eigenvalue weighted by atomic mass is 10.0. The summed E-state index contributed by atoms with van der Waals surface area (Å²) in [4.78, 5) is 95.9. The van der Waals surface area contributed by atoms with Gasteiger partial charge in [-0.1, -0.05) is 18.9 Å². The summed E-state index contributed by atoms with van der Waals surface area (Å²) in [6.45, 7) is 5.45. The van der Waals surface area contributed by atoms with Gasteiger partial charge in [0.05, 0.1) is 28.6 Å². The molecule has 6 heterocycles. The van der Waals surface area contributed by atoms with Crippen LogP contribution in [0.2, 0.25) is 0 Å². The highest BCUT2D eigenvalue weighted by molar-refractivity contribution is 6.23. The largest absolute Gasteiger partial charge is 0.370 e. The maximum atomic E-state index is 13.6. The first-order valence-corrected chi connectivity index (χ1v) is 18.9. The molecule has 2 saturated heterocycles. The molecule has 2 N–H and O–H groups in total. The summed E-state index contributed by atoms with van der Waals surface area (Å²) in [6.07, 6.45) is 9.33. The molecule has 55 heavy (non-hydrogen) atoms. The molecule has 4 aliphatic rings. The fraction of sp³-hybridized carbons (Fsp3) is 0.425. The lowest BCUT2D eigenvalue weighted by Crippen LogP contribution is -2.54. The van der Waals surface area contributed by atoms with E-state index in [9.17, 15) is 28.8 Å². The van der Waals surface area contributed by atoms with Crippen molar-refractivity contribution in [3.63, 3.8) is 0 Å². The second-order valence-corrected chi connectivity index (χ2v) is 15.1. The van der Waals surface area contributed by atoms with E-state index in [-0.39, 0.29) is 46.9 Å². The molecule has 0 radical (unpaired) electrons. The van der Waals surface area contributed by atoms with Crippen molar-refractivity contribution in [2.75, 3.05) is 30.4 Å². The van der Waals surface area contributed by atoms with E-state index in [1.807, 2.05) is 24.4 Å². The number of piperidine rings is 2. The van der Waals surface area contributed by atoms with Crippen LogP contribution >= 0.6 is 0 Å². The van der Waals surface area contributed by atoms with Crippen molar-refractivity contribution >= 4 is 57.9 Å². The van der Waals surface area contributed by atoms with E-state index in [1.54, 1.807) is 29.8 Å². The summed E-state index contributed by atoms with van der Waals surface area (Å²) >= 11 is 0. The minimum Gasteiger partial charge on any atom is -0.370 e. The van der Waals surface area contributed by atoms with Gasteiger partial charge in [0.25, 0.3) is 17.4 Å². The quantitative estimate of drug-likeness (QED) is 0.186. The third-order valence-corrected chi connectivity index (χ3v) is 11.6. The molecule has 15 nitrogen and oxygen atoms in total. The van der Waals surface area contributed by atoms with Crippen LogP contribution in [0.5, 0.6) is 0 Å². The molecule has 284 valence electrons. The van der Waals surface area contributed by atoms with Crippen LogP contribution in [0, 0.1) is 6.92 Å². The number of aryl methyl sites for hydroxylation is 1. The van der Waals surface area contributed by atoms with Crippen LogP contribution in [-0.2, 0) is 16.1 Å². The van der Waals surface area contributed by atoms with Gasteiger partial charge in [0.2, 0.25) is 17.8 Å². The number of aromatic nitrogens is 4. The third-order valence-electron chi connectivity index (χ3n) is 11.6. The number of hydrogen-bond acceptors (Lipinski definition) is 12. The number of Topliss-reactive ketones (excluding diaryl/α,β-unsaturated/α-hetero) is 1. The maximum Gasteiger partial charge on any atom is 0.263 e. The number of benzene rings is 1. The molecule has 4 aromatic rings. The minimum absolute atomic E-state index is 0.00521. The van der Waals surface area contributed by atoms with Crippen molar-refractivity contribution < 1.29 is 24.0 Å². The number of pyridine rings is 2. The van der Waals surface area contributed by atoms with Crippen molar-refractivity contribution in [1.82, 2.24) is 34.6 Å². The van der Waals surface area contributed by atoms with E-state index in [4.69, 9.17) is 4.98 Å². The fourth-order valence-electron chi connectivity index (χ4n) is 8.67. The topological polar surface area (TPSA) is 180 Å². The summed E-state index contributed by atoms with van der Waals surface area (Å²) in [5.74, 6) is -1.39. The number of nitrogens with zero attached hydrogens (tertiary/aromatic N) is 7. The van der Waals surface area contributed by atoms with E-state index in [1.165, 1.54) is 6.92 Å². The molecular formula is C40H43N9O6. The van der Waals surface area contributed by atoms with E-state index >= 15 is 0 Å². The minimum atomic E-state index is -0.987. The number of hydrogen-bond donors (Lipinski definition) is 2. The maximum absolute atomic E-state index is 13.6. The number of rotatable bonds is 9. The molecule has 0 spiro atoms. The number of anilines is 3. The summed E-state index contributed by atoms with van der Waals surface area (Å²) in [5, 5.41) is 6.12. The first-order chi connectivity index (χ1) is 26.5. The SMILES string of the molecule is CC(=O)c1c(C)c2cnc(Nc3ccc(N4CCC(N(C)Cc5ccc6c(c5)C(=O)N(C5CCC(=O)NC5=O)C6=O)CC4)cn3)nc2n(C2CCCC2)c1=O. The van der Waals surface area contributed by atoms with Gasteiger partial charge < -0.3 is 10.2 Å². The highest BCUT2D eigenvalue weighted by Crippen LogP contribution is 2.33. The number of ketones is 1. The predicted molar refractivity (Wildman–Crippen MR) is 203 cm³/mol. The molecule has 8 rings (SSSR count). The Morgan fingerprint density at radius 3 is 2.36 bits per heavy atom. The van der Waals surface area contributed by atoms with Gasteiger partial charge in [-0.25, -0.2) is 9.97 Å². The fourth-order valence-corrected chi connectivity index (χ4v) is 8.67. The second-order valence-electron chi connectivity index (χ2n) is 15.1. The Bertz CT molecular complexity index is 2310. The average molecular weight is 746 g/mol. The average Bonchev–Trinajstić information content (AvgIpc) is 3.78. The van der Waals surface area contributed by atoms with Crippen molar-refractivity contribution in [3.05, 3.63) is 80.9 Å². The summed E-state index contributed by atoms with van der Waals surface area (Å²) < 4.78 is 1.70. The lowest BCUT2D eigenvalue weighted by Gasteiger charge is -2.37. The Morgan fingerprint density at radius 2 is 1.67 bits per heavy atom. The third kappa shape index (κ3) is 6.66. The van der Waals surface area contributed by atoms with Crippen LogP contribution in [0.25, 0.3) is 11.0 Å². The number of nitrogens with one attached hydrogen (secondary N) is 2. The lowest BCUT2D eigenvalue weighted by molar-refractivity contribution is -0.136. The number of fused-ring (bicyclic) bond motifs is 2. The van der Waals surface area contributed by atoms with Gasteiger partial charge in [0.1, 0.15) is 17.5 Å². The number of imide groups is 2. The number of carbonyl (C=O) groups is 5. The second kappa shape index (κ2) is 14.4. The van der Waals surface area contributed by atoms with Crippen molar-refractivity contribution in [2.45, 2.75) is 89.9 Å². The number of carbonyl (C=O) groups excluding carboxylic acids is 5. The Labute approximate surface area is 317 Å². The molecule has 3 aliphatic heterocycles. The molecule has 15 heteroatoms. The Hall–Kier alpha value is -5.83. The zero-order valence-corrected chi connectivity index (χ0v) is 31.1. The van der Waals surface area contributed by atoms with Gasteiger partial charge in [-0.15, -0.1) is 0 Å². The van der Waals surface area contributed by atoms with Gasteiger partial charge in [-0.2, -0.15) is 4.98 Å². The molecule has 1 aliphatic carbocycles. The molecule has 4 amide bonds. The molecule has 1 saturated carbocycles. The highest BCUT2D eigenvalue weighted by atomic mass is 16.2. The Morgan fingerprint density at radius 1 is 0.927 bits per heavy atom. The first-order valence-electron chi connectivity index (χ1n) is 18.9. The summed E-state index contributed by atoms with van der Waals surface area (Å²) in [5.41, 5.74) is 3.50. The molecule has 1 unspecified atom stereocenters. The normalized spacial score (nSPS) is 19.5. The highest BCUT2D eigenvalue weighted by Gasteiger charge is 2.44. The Balaban J connectivity index is 0.894. The molecule has 1 aromatic carbocycles. The van der Waals surface area contributed by atoms with Gasteiger partial charge in [-0.3, -0.25) is 48.5 Å². The van der Waals surface area contributed by atoms with E-state index in [2.05, 4.69) is 37.4 Å². The van der Waals surface area contributed by atoms with Crippen molar-refractivity contribution in [1.29, 1.82) is 0 Å².